The van der Waals surface area contributed by atoms with E-state index >= 15 is 0 Å². The highest BCUT2D eigenvalue weighted by atomic mass is 79.9. The first kappa shape index (κ1) is 14.4. The second-order valence-electron chi connectivity index (χ2n) is 3.71. The number of hydrogen-bond donors (Lipinski definition) is 2. The van der Waals surface area contributed by atoms with Crippen molar-refractivity contribution in [2.24, 2.45) is 0 Å². The van der Waals surface area contributed by atoms with Gasteiger partial charge in [-0.25, -0.2) is 0 Å². The van der Waals surface area contributed by atoms with Crippen LogP contribution in [0.15, 0.2) is 22.7 Å². The van der Waals surface area contributed by atoms with Crippen molar-refractivity contribution in [1.82, 2.24) is 5.32 Å². The van der Waals surface area contributed by atoms with Gasteiger partial charge in [0.25, 0.3) is 0 Å². The molecule has 4 nitrogen and oxygen atoms in total. The van der Waals surface area contributed by atoms with Crippen LogP contribution in [0.4, 0.5) is 0 Å². The Hall–Kier alpha value is -0.620. The molecule has 1 atom stereocenters. The van der Waals surface area contributed by atoms with Gasteiger partial charge in [-0.05, 0) is 33.6 Å². The molecule has 0 spiro atoms. The van der Waals surface area contributed by atoms with Crippen molar-refractivity contribution in [1.29, 1.82) is 0 Å². The van der Waals surface area contributed by atoms with E-state index in [1.807, 2.05) is 18.2 Å². The minimum absolute atomic E-state index is 0.347. The zero-order chi connectivity index (χ0) is 12.7. The first-order valence-corrected chi connectivity index (χ1v) is 6.16. The minimum Gasteiger partial charge on any atom is -0.496 e. The van der Waals surface area contributed by atoms with E-state index in [0.29, 0.717) is 19.7 Å². The van der Waals surface area contributed by atoms with Crippen LogP contribution in [0.3, 0.4) is 0 Å². The number of aliphatic hydroxyl groups excluding tert-OH is 1. The molecule has 0 aliphatic carbocycles. The molecule has 5 heteroatoms. The number of nitrogens with one attached hydrogen (secondary N) is 1. The molecule has 0 fully saturated rings. The molecule has 1 aromatic carbocycles. The first-order valence-electron chi connectivity index (χ1n) is 5.37. The lowest BCUT2D eigenvalue weighted by atomic mass is 10.2. The molecule has 0 saturated carbocycles. The summed E-state index contributed by atoms with van der Waals surface area (Å²) in [7, 11) is 3.21. The third-order valence-corrected chi connectivity index (χ3v) is 2.90. The van der Waals surface area contributed by atoms with E-state index in [9.17, 15) is 5.11 Å². The molecule has 96 valence electrons. The van der Waals surface area contributed by atoms with Crippen LogP contribution in [0.25, 0.3) is 0 Å². The standard InChI is InChI=1S/C12H18BrNO3/c1-16-8-10(15)7-14-6-9-3-4-12(17-2)11(13)5-9/h3-5,10,14-15H,6-8H2,1-2H3. The molecule has 1 aromatic rings. The van der Waals surface area contributed by atoms with E-state index in [0.717, 1.165) is 15.8 Å². The van der Waals surface area contributed by atoms with E-state index in [1.54, 1.807) is 14.2 Å². The molecule has 0 radical (unpaired) electrons. The number of aliphatic hydroxyl groups is 1. The van der Waals surface area contributed by atoms with Crippen molar-refractivity contribution in [3.05, 3.63) is 28.2 Å². The van der Waals surface area contributed by atoms with Gasteiger partial charge in [0.05, 0.1) is 24.3 Å². The molecule has 1 unspecified atom stereocenters. The molecule has 0 aliphatic heterocycles. The smallest absolute Gasteiger partial charge is 0.133 e. The fourth-order valence-corrected chi connectivity index (χ4v) is 2.04. The van der Waals surface area contributed by atoms with Gasteiger partial charge in [0, 0.05) is 20.2 Å². The fraction of sp³-hybridized carbons (Fsp3) is 0.500. The summed E-state index contributed by atoms with van der Waals surface area (Å²) in [6, 6.07) is 5.89. The van der Waals surface area contributed by atoms with Gasteiger partial charge < -0.3 is 19.9 Å². The van der Waals surface area contributed by atoms with E-state index in [2.05, 4.69) is 21.2 Å². The highest BCUT2D eigenvalue weighted by Crippen LogP contribution is 2.25. The molecule has 0 saturated heterocycles. The van der Waals surface area contributed by atoms with E-state index in [4.69, 9.17) is 9.47 Å². The van der Waals surface area contributed by atoms with Crippen molar-refractivity contribution in [3.8, 4) is 5.75 Å². The van der Waals surface area contributed by atoms with Crippen LogP contribution in [0, 0.1) is 0 Å². The highest BCUT2D eigenvalue weighted by molar-refractivity contribution is 9.10. The van der Waals surface area contributed by atoms with Gasteiger partial charge in [0.2, 0.25) is 0 Å². The summed E-state index contributed by atoms with van der Waals surface area (Å²) in [4.78, 5) is 0. The lowest BCUT2D eigenvalue weighted by Crippen LogP contribution is -2.29. The van der Waals surface area contributed by atoms with Crippen molar-refractivity contribution < 1.29 is 14.6 Å². The van der Waals surface area contributed by atoms with Crippen molar-refractivity contribution in [2.45, 2.75) is 12.6 Å². The summed E-state index contributed by atoms with van der Waals surface area (Å²) >= 11 is 3.43. The van der Waals surface area contributed by atoms with E-state index in [1.165, 1.54) is 0 Å². The zero-order valence-corrected chi connectivity index (χ0v) is 11.7. The Morgan fingerprint density at radius 3 is 2.76 bits per heavy atom. The SMILES string of the molecule is COCC(O)CNCc1ccc(OC)c(Br)c1. The van der Waals surface area contributed by atoms with Gasteiger partial charge in [-0.3, -0.25) is 0 Å². The van der Waals surface area contributed by atoms with Gasteiger partial charge in [0.1, 0.15) is 5.75 Å². The summed E-state index contributed by atoms with van der Waals surface area (Å²) in [6.45, 7) is 1.56. The zero-order valence-electron chi connectivity index (χ0n) is 10.1. The Morgan fingerprint density at radius 1 is 1.41 bits per heavy atom. The Morgan fingerprint density at radius 2 is 2.18 bits per heavy atom. The largest absolute Gasteiger partial charge is 0.496 e. The predicted molar refractivity (Wildman–Crippen MR) is 70.3 cm³/mol. The van der Waals surface area contributed by atoms with Crippen molar-refractivity contribution >= 4 is 15.9 Å². The maximum Gasteiger partial charge on any atom is 0.133 e. The van der Waals surface area contributed by atoms with Gasteiger partial charge >= 0.3 is 0 Å². The van der Waals surface area contributed by atoms with E-state index < -0.39 is 6.10 Å². The van der Waals surface area contributed by atoms with Crippen LogP contribution < -0.4 is 10.1 Å². The summed E-state index contributed by atoms with van der Waals surface area (Å²) in [6.07, 6.45) is -0.471. The van der Waals surface area contributed by atoms with Crippen LogP contribution >= 0.6 is 15.9 Å². The van der Waals surface area contributed by atoms with E-state index in [-0.39, 0.29) is 0 Å². The Labute approximate surface area is 110 Å². The minimum atomic E-state index is -0.471. The van der Waals surface area contributed by atoms with Gasteiger partial charge in [-0.2, -0.15) is 0 Å². The van der Waals surface area contributed by atoms with Crippen LogP contribution in [0.1, 0.15) is 5.56 Å². The average molecular weight is 304 g/mol. The second-order valence-corrected chi connectivity index (χ2v) is 4.56. The van der Waals surface area contributed by atoms with Gasteiger partial charge in [-0.15, -0.1) is 0 Å². The van der Waals surface area contributed by atoms with Crippen LogP contribution in [-0.4, -0.2) is 38.6 Å². The van der Waals surface area contributed by atoms with Crippen LogP contribution in [0.5, 0.6) is 5.75 Å². The average Bonchev–Trinajstić information content (AvgIpc) is 2.29. The Bertz CT molecular complexity index is 347. The molecular formula is C12H18BrNO3. The molecule has 0 aromatic heterocycles. The maximum atomic E-state index is 9.45. The molecule has 0 amide bonds. The predicted octanol–water partition coefficient (Wildman–Crippen LogP) is 1.55. The molecule has 0 aliphatic rings. The normalized spacial score (nSPS) is 12.5. The Balaban J connectivity index is 2.39. The number of rotatable bonds is 7. The summed E-state index contributed by atoms with van der Waals surface area (Å²) < 4.78 is 10.9. The molecule has 17 heavy (non-hydrogen) atoms. The van der Waals surface area contributed by atoms with Crippen molar-refractivity contribution in [3.63, 3.8) is 0 Å². The molecule has 1 rings (SSSR count). The number of ether oxygens (including phenoxy) is 2. The highest BCUT2D eigenvalue weighted by Gasteiger charge is 2.04. The number of methoxy groups -OCH3 is 2. The summed E-state index contributed by atoms with van der Waals surface area (Å²) in [5.41, 5.74) is 1.13. The number of halogens is 1. The van der Waals surface area contributed by atoms with Gasteiger partial charge in [0.15, 0.2) is 0 Å². The maximum absolute atomic E-state index is 9.45. The van der Waals surface area contributed by atoms with Gasteiger partial charge in [-0.1, -0.05) is 6.07 Å². The summed E-state index contributed by atoms with van der Waals surface area (Å²) in [5.74, 6) is 0.813. The van der Waals surface area contributed by atoms with Crippen molar-refractivity contribution in [2.75, 3.05) is 27.4 Å². The Kier molecular flexibility index (Phi) is 6.50. The molecule has 2 N–H and O–H groups in total. The first-order chi connectivity index (χ1) is 8.17. The lowest BCUT2D eigenvalue weighted by molar-refractivity contribution is 0.0644. The topological polar surface area (TPSA) is 50.7 Å². The quantitative estimate of drug-likeness (QED) is 0.802. The van der Waals surface area contributed by atoms with Crippen LogP contribution in [0.2, 0.25) is 0 Å². The second kappa shape index (κ2) is 7.66. The summed E-state index contributed by atoms with van der Waals surface area (Å²) in [5, 5.41) is 12.6. The monoisotopic (exact) mass is 303 g/mol. The third kappa shape index (κ3) is 5.04. The fourth-order valence-electron chi connectivity index (χ4n) is 1.45. The lowest BCUT2D eigenvalue weighted by Gasteiger charge is -2.11. The third-order valence-electron chi connectivity index (χ3n) is 2.28. The molecule has 0 heterocycles. The molecule has 0 bridgehead atoms. The number of benzene rings is 1. The molecular weight excluding hydrogens is 286 g/mol. The number of hydrogen-bond acceptors (Lipinski definition) is 4. The van der Waals surface area contributed by atoms with Crippen LogP contribution in [-0.2, 0) is 11.3 Å².